The Kier molecular flexibility index (Phi) is 4.59. The van der Waals surface area contributed by atoms with Gasteiger partial charge in [0, 0.05) is 0 Å². The number of unbranched alkanes of at least 4 members (excludes halogenated alkanes) is 2. The molecule has 3 heteroatoms. The average molecular weight is 262 g/mol. The molecule has 1 aliphatic rings. The zero-order valence-electron chi connectivity index (χ0n) is 11.8. The van der Waals surface area contributed by atoms with Crippen LogP contribution in [0.15, 0.2) is 24.3 Å². The number of ether oxygens (including phenoxy) is 2. The number of carbonyl (C=O) groups is 1. The maximum atomic E-state index is 11.9. The lowest BCUT2D eigenvalue weighted by atomic mass is 10.0. The first-order valence-corrected chi connectivity index (χ1v) is 7.03. The lowest BCUT2D eigenvalue weighted by Gasteiger charge is -2.08. The zero-order valence-corrected chi connectivity index (χ0v) is 11.8. The molecular formula is C16H22O3. The third kappa shape index (κ3) is 4.35. The highest BCUT2D eigenvalue weighted by molar-refractivity contribution is 5.89. The van der Waals surface area contributed by atoms with Gasteiger partial charge in [-0.05, 0) is 37.5 Å². The minimum absolute atomic E-state index is 0.242. The lowest BCUT2D eigenvalue weighted by molar-refractivity contribution is 0.0411. The topological polar surface area (TPSA) is 38.8 Å². The predicted molar refractivity (Wildman–Crippen MR) is 74.3 cm³/mol. The number of aryl methyl sites for hydroxylation is 1. The number of carbonyl (C=O) groups excluding carboxylic acids is 1. The van der Waals surface area contributed by atoms with Crippen molar-refractivity contribution in [3.63, 3.8) is 0 Å². The van der Waals surface area contributed by atoms with E-state index in [0.29, 0.717) is 18.8 Å². The molecule has 1 fully saturated rings. The van der Waals surface area contributed by atoms with E-state index < -0.39 is 0 Å². The fourth-order valence-electron chi connectivity index (χ4n) is 1.94. The van der Waals surface area contributed by atoms with E-state index in [2.05, 4.69) is 13.0 Å². The summed E-state index contributed by atoms with van der Waals surface area (Å²) in [5.41, 5.74) is 1.60. The molecule has 1 aromatic carbocycles. The molecule has 0 bridgehead atoms. The molecule has 1 unspecified atom stereocenters. The Labute approximate surface area is 114 Å². The molecule has 1 aromatic rings. The SMILES string of the molecule is CCCCCc1cccc(C(=O)OCC2(C)CO2)c1. The quantitative estimate of drug-likeness (QED) is 0.429. The van der Waals surface area contributed by atoms with Gasteiger partial charge < -0.3 is 9.47 Å². The number of benzene rings is 1. The second-order valence-corrected chi connectivity index (χ2v) is 5.47. The first kappa shape index (κ1) is 14.1. The standard InChI is InChI=1S/C16H22O3/c1-3-4-5-7-13-8-6-9-14(10-13)15(17)18-11-16(2)12-19-16/h6,8-10H,3-5,7,11-12H2,1-2H3. The van der Waals surface area contributed by atoms with Crippen LogP contribution in [0.2, 0.25) is 0 Å². The molecule has 0 aliphatic carbocycles. The van der Waals surface area contributed by atoms with Crippen LogP contribution in [-0.4, -0.2) is 24.8 Å². The van der Waals surface area contributed by atoms with Crippen molar-refractivity contribution in [3.8, 4) is 0 Å². The van der Waals surface area contributed by atoms with Gasteiger partial charge in [-0.1, -0.05) is 31.9 Å². The zero-order chi connectivity index (χ0) is 13.7. The van der Waals surface area contributed by atoms with E-state index in [1.165, 1.54) is 24.8 Å². The van der Waals surface area contributed by atoms with E-state index in [1.54, 1.807) is 0 Å². The van der Waals surface area contributed by atoms with Gasteiger partial charge in [0.25, 0.3) is 0 Å². The Balaban J connectivity index is 1.87. The summed E-state index contributed by atoms with van der Waals surface area (Å²) in [5.74, 6) is -0.255. The molecule has 2 rings (SSSR count). The third-order valence-corrected chi connectivity index (χ3v) is 3.38. The normalized spacial score (nSPS) is 21.2. The van der Waals surface area contributed by atoms with Crippen molar-refractivity contribution < 1.29 is 14.3 Å². The Morgan fingerprint density at radius 1 is 1.42 bits per heavy atom. The summed E-state index contributed by atoms with van der Waals surface area (Å²) in [6.45, 7) is 5.15. The summed E-state index contributed by atoms with van der Waals surface area (Å²) in [5, 5.41) is 0. The Morgan fingerprint density at radius 3 is 2.89 bits per heavy atom. The van der Waals surface area contributed by atoms with Gasteiger partial charge in [-0.25, -0.2) is 4.79 Å². The summed E-state index contributed by atoms with van der Waals surface area (Å²) in [4.78, 5) is 11.9. The van der Waals surface area contributed by atoms with Crippen LogP contribution in [0.25, 0.3) is 0 Å². The van der Waals surface area contributed by atoms with Crippen molar-refractivity contribution in [2.75, 3.05) is 13.2 Å². The van der Waals surface area contributed by atoms with Crippen molar-refractivity contribution in [2.45, 2.75) is 45.1 Å². The van der Waals surface area contributed by atoms with Crippen LogP contribution in [0, 0.1) is 0 Å². The minimum atomic E-state index is -0.255. The van der Waals surface area contributed by atoms with Gasteiger partial charge in [-0.3, -0.25) is 0 Å². The number of esters is 1. The number of rotatable bonds is 7. The molecule has 0 radical (unpaired) electrons. The maximum Gasteiger partial charge on any atom is 0.338 e. The van der Waals surface area contributed by atoms with Gasteiger partial charge in [0.15, 0.2) is 0 Å². The molecule has 0 spiro atoms. The summed E-state index contributed by atoms with van der Waals surface area (Å²) >= 11 is 0. The van der Waals surface area contributed by atoms with Crippen LogP contribution in [0.1, 0.15) is 49.0 Å². The van der Waals surface area contributed by atoms with E-state index >= 15 is 0 Å². The monoisotopic (exact) mass is 262 g/mol. The molecular weight excluding hydrogens is 240 g/mol. The molecule has 0 amide bonds. The van der Waals surface area contributed by atoms with Crippen LogP contribution in [-0.2, 0) is 15.9 Å². The molecule has 1 atom stereocenters. The lowest BCUT2D eigenvalue weighted by Crippen LogP contribution is -2.18. The van der Waals surface area contributed by atoms with Gasteiger partial charge in [0.2, 0.25) is 0 Å². The van der Waals surface area contributed by atoms with Gasteiger partial charge in [0.1, 0.15) is 12.2 Å². The largest absolute Gasteiger partial charge is 0.459 e. The van der Waals surface area contributed by atoms with E-state index in [0.717, 1.165) is 6.42 Å². The Hall–Kier alpha value is -1.35. The maximum absolute atomic E-state index is 11.9. The second kappa shape index (κ2) is 6.20. The highest BCUT2D eigenvalue weighted by Gasteiger charge is 2.40. The smallest absolute Gasteiger partial charge is 0.338 e. The van der Waals surface area contributed by atoms with Gasteiger partial charge in [-0.15, -0.1) is 0 Å². The van der Waals surface area contributed by atoms with Crippen molar-refractivity contribution in [2.24, 2.45) is 0 Å². The Morgan fingerprint density at radius 2 is 2.21 bits per heavy atom. The Bertz CT molecular complexity index is 435. The molecule has 1 aliphatic heterocycles. The van der Waals surface area contributed by atoms with Gasteiger partial charge in [-0.2, -0.15) is 0 Å². The third-order valence-electron chi connectivity index (χ3n) is 3.38. The van der Waals surface area contributed by atoms with Crippen LogP contribution in [0.4, 0.5) is 0 Å². The van der Waals surface area contributed by atoms with Crippen LogP contribution in [0.3, 0.4) is 0 Å². The fraction of sp³-hybridized carbons (Fsp3) is 0.562. The highest BCUT2D eigenvalue weighted by Crippen LogP contribution is 2.26. The van der Waals surface area contributed by atoms with Crippen LogP contribution in [0.5, 0.6) is 0 Å². The van der Waals surface area contributed by atoms with Crippen LogP contribution < -0.4 is 0 Å². The molecule has 1 heterocycles. The highest BCUT2D eigenvalue weighted by atomic mass is 16.6. The van der Waals surface area contributed by atoms with Gasteiger partial charge in [0.05, 0.1) is 12.2 Å². The van der Waals surface area contributed by atoms with Crippen LogP contribution >= 0.6 is 0 Å². The fourth-order valence-corrected chi connectivity index (χ4v) is 1.94. The van der Waals surface area contributed by atoms with Crippen molar-refractivity contribution >= 4 is 5.97 Å². The molecule has 104 valence electrons. The average Bonchev–Trinajstić information content (AvgIpc) is 3.15. The summed E-state index contributed by atoms with van der Waals surface area (Å²) < 4.78 is 10.5. The van der Waals surface area contributed by atoms with Crippen molar-refractivity contribution in [3.05, 3.63) is 35.4 Å². The molecule has 3 nitrogen and oxygen atoms in total. The number of hydrogen-bond donors (Lipinski definition) is 0. The predicted octanol–water partition coefficient (Wildman–Crippen LogP) is 3.37. The summed E-state index contributed by atoms with van der Waals surface area (Å²) in [6, 6.07) is 7.74. The molecule has 0 saturated carbocycles. The molecule has 0 N–H and O–H groups in total. The molecule has 1 saturated heterocycles. The van der Waals surface area contributed by atoms with E-state index in [9.17, 15) is 4.79 Å². The second-order valence-electron chi connectivity index (χ2n) is 5.47. The van der Waals surface area contributed by atoms with E-state index in [1.807, 2.05) is 25.1 Å². The first-order valence-electron chi connectivity index (χ1n) is 7.03. The molecule has 19 heavy (non-hydrogen) atoms. The minimum Gasteiger partial charge on any atom is -0.459 e. The first-order chi connectivity index (χ1) is 9.13. The van der Waals surface area contributed by atoms with E-state index in [-0.39, 0.29) is 11.6 Å². The van der Waals surface area contributed by atoms with Crippen molar-refractivity contribution in [1.82, 2.24) is 0 Å². The van der Waals surface area contributed by atoms with Gasteiger partial charge >= 0.3 is 5.97 Å². The number of hydrogen-bond acceptors (Lipinski definition) is 3. The molecule has 0 aromatic heterocycles. The van der Waals surface area contributed by atoms with E-state index in [4.69, 9.17) is 9.47 Å². The van der Waals surface area contributed by atoms with Crippen molar-refractivity contribution in [1.29, 1.82) is 0 Å². The summed E-state index contributed by atoms with van der Waals surface area (Å²) in [7, 11) is 0. The number of epoxide rings is 1. The summed E-state index contributed by atoms with van der Waals surface area (Å²) in [6.07, 6.45) is 4.63.